The van der Waals surface area contributed by atoms with Crippen LogP contribution in [0.15, 0.2) is 52.3 Å². The molecule has 0 saturated heterocycles. The van der Waals surface area contributed by atoms with Crippen LogP contribution in [0.25, 0.3) is 6.08 Å². The first-order chi connectivity index (χ1) is 9.15. The largest absolute Gasteiger partial charge is 0.288 e. The molecule has 5 heteroatoms. The van der Waals surface area contributed by atoms with E-state index in [1.807, 2.05) is 49.5 Å². The van der Waals surface area contributed by atoms with Gasteiger partial charge in [-0.25, -0.2) is 0 Å². The van der Waals surface area contributed by atoms with E-state index in [0.717, 1.165) is 14.4 Å². The Hall–Kier alpha value is -1.59. The van der Waals surface area contributed by atoms with E-state index in [9.17, 15) is 4.79 Å². The Morgan fingerprint density at radius 3 is 2.63 bits per heavy atom. The number of halogens is 1. The Labute approximate surface area is 124 Å². The standard InChI is InChI=1S/C14H13BrN2OS/c1-17(11-5-3-2-4-6-11)16-14(18)10-8-12-7-9-13(15)19-12/h2-10H,1H3,(H,16,18)/b10-8+. The number of nitrogens with one attached hydrogen (secondary N) is 1. The molecule has 0 spiro atoms. The zero-order valence-electron chi connectivity index (χ0n) is 10.3. The Balaban J connectivity index is 1.93. The summed E-state index contributed by atoms with van der Waals surface area (Å²) in [7, 11) is 1.81. The molecule has 0 fully saturated rings. The third kappa shape index (κ3) is 4.22. The number of anilines is 1. The Morgan fingerprint density at radius 2 is 2.00 bits per heavy atom. The van der Waals surface area contributed by atoms with E-state index in [0.29, 0.717) is 0 Å². The SMILES string of the molecule is CN(NC(=O)/C=C/c1ccc(Br)s1)c1ccccc1. The summed E-state index contributed by atoms with van der Waals surface area (Å²) >= 11 is 4.97. The molecule has 3 nitrogen and oxygen atoms in total. The van der Waals surface area contributed by atoms with E-state index in [4.69, 9.17) is 0 Å². The fraction of sp³-hybridized carbons (Fsp3) is 0.0714. The summed E-state index contributed by atoms with van der Waals surface area (Å²) in [6.07, 6.45) is 3.32. The molecule has 1 N–H and O–H groups in total. The molecular formula is C14H13BrN2OS. The highest BCUT2D eigenvalue weighted by Gasteiger charge is 2.02. The minimum Gasteiger partial charge on any atom is -0.288 e. The van der Waals surface area contributed by atoms with E-state index in [1.165, 1.54) is 6.08 Å². The molecule has 1 aromatic heterocycles. The van der Waals surface area contributed by atoms with Crippen molar-refractivity contribution in [3.63, 3.8) is 0 Å². The lowest BCUT2D eigenvalue weighted by Gasteiger charge is -2.18. The van der Waals surface area contributed by atoms with Gasteiger partial charge in [0.05, 0.1) is 9.47 Å². The van der Waals surface area contributed by atoms with Crippen LogP contribution in [0, 0.1) is 0 Å². The minimum absolute atomic E-state index is 0.157. The second kappa shape index (κ2) is 6.54. The zero-order valence-corrected chi connectivity index (χ0v) is 12.7. The first kappa shape index (κ1) is 13.8. The van der Waals surface area contributed by atoms with E-state index >= 15 is 0 Å². The lowest BCUT2D eigenvalue weighted by Crippen LogP contribution is -2.38. The average molecular weight is 337 g/mol. The molecule has 0 aliphatic heterocycles. The van der Waals surface area contributed by atoms with Crippen molar-refractivity contribution >= 4 is 44.9 Å². The fourth-order valence-corrected chi connectivity index (χ4v) is 2.82. The molecule has 19 heavy (non-hydrogen) atoms. The summed E-state index contributed by atoms with van der Waals surface area (Å²) in [4.78, 5) is 12.8. The van der Waals surface area contributed by atoms with Crippen LogP contribution in [-0.2, 0) is 4.79 Å². The van der Waals surface area contributed by atoms with Gasteiger partial charge in [-0.1, -0.05) is 18.2 Å². The number of carbonyl (C=O) groups excluding carboxylic acids is 1. The van der Waals surface area contributed by atoms with Gasteiger partial charge in [-0.3, -0.25) is 15.2 Å². The van der Waals surface area contributed by atoms with Gasteiger partial charge in [0.25, 0.3) is 5.91 Å². The summed E-state index contributed by atoms with van der Waals surface area (Å²) in [5, 5.41) is 1.69. The lowest BCUT2D eigenvalue weighted by atomic mass is 10.3. The third-order valence-corrected chi connectivity index (χ3v) is 4.00. The number of hydrogen-bond donors (Lipinski definition) is 1. The normalized spacial score (nSPS) is 10.6. The molecule has 0 aliphatic carbocycles. The van der Waals surface area contributed by atoms with Crippen LogP contribution < -0.4 is 10.4 Å². The number of hydrogen-bond acceptors (Lipinski definition) is 3. The van der Waals surface area contributed by atoms with Gasteiger partial charge < -0.3 is 0 Å². The predicted molar refractivity (Wildman–Crippen MR) is 84.0 cm³/mol. The Kier molecular flexibility index (Phi) is 4.76. The Morgan fingerprint density at radius 1 is 1.26 bits per heavy atom. The number of thiophene rings is 1. The van der Waals surface area contributed by atoms with Crippen molar-refractivity contribution in [2.45, 2.75) is 0 Å². The van der Waals surface area contributed by atoms with E-state index < -0.39 is 0 Å². The summed E-state index contributed by atoms with van der Waals surface area (Å²) in [6.45, 7) is 0. The summed E-state index contributed by atoms with van der Waals surface area (Å²) in [6, 6.07) is 13.6. The summed E-state index contributed by atoms with van der Waals surface area (Å²) < 4.78 is 1.05. The maximum absolute atomic E-state index is 11.8. The zero-order chi connectivity index (χ0) is 13.7. The molecule has 0 saturated carbocycles. The number of rotatable bonds is 4. The van der Waals surface area contributed by atoms with Crippen molar-refractivity contribution in [1.29, 1.82) is 0 Å². The van der Waals surface area contributed by atoms with Crippen LogP contribution in [0.4, 0.5) is 5.69 Å². The topological polar surface area (TPSA) is 32.3 Å². The van der Waals surface area contributed by atoms with Crippen LogP contribution in [0.5, 0.6) is 0 Å². The molecule has 1 heterocycles. The minimum atomic E-state index is -0.157. The third-order valence-electron chi connectivity index (χ3n) is 2.41. The van der Waals surface area contributed by atoms with E-state index in [2.05, 4.69) is 21.4 Å². The number of carbonyl (C=O) groups is 1. The average Bonchev–Trinajstić information content (AvgIpc) is 2.83. The van der Waals surface area contributed by atoms with Crippen molar-refractivity contribution in [2.24, 2.45) is 0 Å². The van der Waals surface area contributed by atoms with Gasteiger partial charge in [0.15, 0.2) is 0 Å². The van der Waals surface area contributed by atoms with Gasteiger partial charge in [-0.05, 0) is 46.3 Å². The molecule has 0 atom stereocenters. The van der Waals surface area contributed by atoms with Crippen LogP contribution in [0.2, 0.25) is 0 Å². The highest BCUT2D eigenvalue weighted by molar-refractivity contribution is 9.11. The highest BCUT2D eigenvalue weighted by atomic mass is 79.9. The number of nitrogens with zero attached hydrogens (tertiary/aromatic N) is 1. The smallest absolute Gasteiger partial charge is 0.262 e. The van der Waals surface area contributed by atoms with E-state index in [-0.39, 0.29) is 5.91 Å². The van der Waals surface area contributed by atoms with Crippen molar-refractivity contribution < 1.29 is 4.79 Å². The predicted octanol–water partition coefficient (Wildman–Crippen LogP) is 3.69. The molecule has 2 aromatic rings. The van der Waals surface area contributed by atoms with Crippen LogP contribution >= 0.6 is 27.3 Å². The van der Waals surface area contributed by atoms with Gasteiger partial charge in [0.1, 0.15) is 0 Å². The highest BCUT2D eigenvalue weighted by Crippen LogP contribution is 2.22. The first-order valence-electron chi connectivity index (χ1n) is 5.68. The van der Waals surface area contributed by atoms with Crippen molar-refractivity contribution in [2.75, 3.05) is 12.1 Å². The monoisotopic (exact) mass is 336 g/mol. The second-order valence-electron chi connectivity index (χ2n) is 3.85. The maximum atomic E-state index is 11.8. The number of para-hydroxylation sites is 1. The van der Waals surface area contributed by atoms with Gasteiger partial charge in [-0.2, -0.15) is 0 Å². The van der Waals surface area contributed by atoms with Crippen molar-refractivity contribution in [3.8, 4) is 0 Å². The van der Waals surface area contributed by atoms with Crippen molar-refractivity contribution in [1.82, 2.24) is 5.43 Å². The van der Waals surface area contributed by atoms with Gasteiger partial charge in [0.2, 0.25) is 0 Å². The molecule has 0 unspecified atom stereocenters. The molecule has 0 radical (unpaired) electrons. The lowest BCUT2D eigenvalue weighted by molar-refractivity contribution is -0.116. The number of benzene rings is 1. The molecule has 98 valence electrons. The second-order valence-corrected chi connectivity index (χ2v) is 6.34. The maximum Gasteiger partial charge on any atom is 0.262 e. The number of hydrazine groups is 1. The fourth-order valence-electron chi connectivity index (χ4n) is 1.49. The molecule has 0 aliphatic rings. The van der Waals surface area contributed by atoms with Gasteiger partial charge in [-0.15, -0.1) is 11.3 Å². The van der Waals surface area contributed by atoms with Gasteiger partial charge >= 0.3 is 0 Å². The van der Waals surface area contributed by atoms with Crippen molar-refractivity contribution in [3.05, 3.63) is 57.2 Å². The van der Waals surface area contributed by atoms with Crippen LogP contribution in [0.3, 0.4) is 0 Å². The van der Waals surface area contributed by atoms with Gasteiger partial charge in [0, 0.05) is 18.0 Å². The summed E-state index contributed by atoms with van der Waals surface area (Å²) in [5.41, 5.74) is 3.71. The molecule has 1 aromatic carbocycles. The quantitative estimate of drug-likeness (QED) is 0.682. The molecular weight excluding hydrogens is 324 g/mol. The van der Waals surface area contributed by atoms with Crippen LogP contribution in [0.1, 0.15) is 4.88 Å². The summed E-state index contributed by atoms with van der Waals surface area (Å²) in [5.74, 6) is -0.157. The number of amides is 1. The molecule has 0 bridgehead atoms. The molecule has 1 amide bonds. The first-order valence-corrected chi connectivity index (χ1v) is 7.29. The Bertz CT molecular complexity index is 580. The van der Waals surface area contributed by atoms with Crippen LogP contribution in [-0.4, -0.2) is 13.0 Å². The van der Waals surface area contributed by atoms with E-state index in [1.54, 1.807) is 22.4 Å². The molecule has 2 rings (SSSR count).